The number of ether oxygens (including phenoxy) is 1. The van der Waals surface area contributed by atoms with E-state index >= 15 is 0 Å². The predicted octanol–water partition coefficient (Wildman–Crippen LogP) is 3.35. The molecule has 0 amide bonds. The number of fused-ring (bicyclic) bond motifs is 3. The van der Waals surface area contributed by atoms with E-state index in [-0.39, 0.29) is 12.4 Å². The van der Waals surface area contributed by atoms with Gasteiger partial charge in [0.25, 0.3) is 0 Å². The molecule has 0 aliphatic carbocycles. The lowest BCUT2D eigenvalue weighted by molar-refractivity contribution is -0.0210. The quantitative estimate of drug-likeness (QED) is 0.572. The largest absolute Gasteiger partial charge is 0.382 e. The molecule has 0 radical (unpaired) electrons. The van der Waals surface area contributed by atoms with E-state index in [1.54, 1.807) is 0 Å². The third-order valence-corrected chi connectivity index (χ3v) is 5.84. The van der Waals surface area contributed by atoms with Gasteiger partial charge < -0.3 is 15.0 Å². The maximum absolute atomic E-state index is 11.4. The monoisotopic (exact) mass is 418 g/mol. The standard InChI is InChI=1S/C21H30N4O3S/c1-5-6-11-17-24-18-19(15-9-7-8-10-16(15)23-20(18)22)25(17)14-21(2,3)28-12-13-29(4,26)27/h7-10H,5-6,11-14H2,1-4H3,(H2,22,23). The summed E-state index contributed by atoms with van der Waals surface area (Å²) in [6.07, 6.45) is 4.13. The van der Waals surface area contributed by atoms with Crippen molar-refractivity contribution in [2.24, 2.45) is 0 Å². The highest BCUT2D eigenvalue weighted by Crippen LogP contribution is 2.31. The van der Waals surface area contributed by atoms with Gasteiger partial charge in [-0.25, -0.2) is 18.4 Å². The summed E-state index contributed by atoms with van der Waals surface area (Å²) in [7, 11) is -3.07. The van der Waals surface area contributed by atoms with Crippen LogP contribution in [0.25, 0.3) is 21.9 Å². The lowest BCUT2D eigenvalue weighted by Gasteiger charge is -2.27. The summed E-state index contributed by atoms with van der Waals surface area (Å²) in [5, 5.41) is 0.999. The highest BCUT2D eigenvalue weighted by Gasteiger charge is 2.25. The number of benzene rings is 1. The number of imidazole rings is 1. The fourth-order valence-electron chi connectivity index (χ4n) is 3.50. The molecule has 2 heterocycles. The molecule has 7 nitrogen and oxygen atoms in total. The lowest BCUT2D eigenvalue weighted by Crippen LogP contribution is -2.33. The Bertz CT molecular complexity index is 1120. The second-order valence-corrected chi connectivity index (χ2v) is 10.4. The van der Waals surface area contributed by atoms with Crippen LogP contribution in [-0.2, 0) is 27.5 Å². The number of para-hydroxylation sites is 1. The molecule has 1 aromatic carbocycles. The predicted molar refractivity (Wildman–Crippen MR) is 118 cm³/mol. The number of nitrogens with zero attached hydrogens (tertiary/aromatic N) is 3. The van der Waals surface area contributed by atoms with Gasteiger partial charge in [-0.3, -0.25) is 0 Å². The van der Waals surface area contributed by atoms with Gasteiger partial charge in [-0.05, 0) is 26.3 Å². The average Bonchev–Trinajstić information content (AvgIpc) is 2.97. The third-order valence-electron chi connectivity index (χ3n) is 4.93. The molecule has 2 aromatic heterocycles. The van der Waals surface area contributed by atoms with Crippen LogP contribution in [0.5, 0.6) is 0 Å². The van der Waals surface area contributed by atoms with Gasteiger partial charge in [0.1, 0.15) is 21.2 Å². The Morgan fingerprint density at radius 2 is 1.93 bits per heavy atom. The number of nitrogen functional groups attached to an aromatic ring is 1. The van der Waals surface area contributed by atoms with Crippen molar-refractivity contribution in [2.75, 3.05) is 24.3 Å². The minimum atomic E-state index is -3.07. The number of rotatable bonds is 9. The maximum Gasteiger partial charge on any atom is 0.152 e. The van der Waals surface area contributed by atoms with Gasteiger partial charge in [0.15, 0.2) is 5.82 Å². The summed E-state index contributed by atoms with van der Waals surface area (Å²) in [5.41, 5.74) is 8.17. The summed E-state index contributed by atoms with van der Waals surface area (Å²) >= 11 is 0. The molecule has 0 atom stereocenters. The molecule has 3 rings (SSSR count). The first-order chi connectivity index (χ1) is 13.6. The molecule has 8 heteroatoms. The average molecular weight is 419 g/mol. The van der Waals surface area contributed by atoms with E-state index in [0.717, 1.165) is 41.5 Å². The summed E-state index contributed by atoms with van der Waals surface area (Å²) in [4.78, 5) is 9.34. The van der Waals surface area contributed by atoms with Crippen molar-refractivity contribution in [3.8, 4) is 0 Å². The van der Waals surface area contributed by atoms with E-state index in [1.807, 2.05) is 38.1 Å². The maximum atomic E-state index is 11.4. The Morgan fingerprint density at radius 1 is 1.21 bits per heavy atom. The number of nitrogens with two attached hydrogens (primary N) is 1. The molecule has 0 aliphatic heterocycles. The minimum Gasteiger partial charge on any atom is -0.382 e. The van der Waals surface area contributed by atoms with Crippen LogP contribution in [0.3, 0.4) is 0 Å². The summed E-state index contributed by atoms with van der Waals surface area (Å²) < 4.78 is 31.0. The zero-order valence-electron chi connectivity index (χ0n) is 17.6. The Hall–Kier alpha value is -2.19. The molecule has 0 spiro atoms. The van der Waals surface area contributed by atoms with Crippen LogP contribution in [0, 0.1) is 0 Å². The van der Waals surface area contributed by atoms with Crippen molar-refractivity contribution in [3.63, 3.8) is 0 Å². The van der Waals surface area contributed by atoms with Crippen molar-refractivity contribution in [2.45, 2.75) is 52.2 Å². The van der Waals surface area contributed by atoms with Gasteiger partial charge in [0.2, 0.25) is 0 Å². The second-order valence-electron chi connectivity index (χ2n) is 8.17. The molecular weight excluding hydrogens is 388 g/mol. The summed E-state index contributed by atoms with van der Waals surface area (Å²) in [6, 6.07) is 7.90. The van der Waals surface area contributed by atoms with Crippen LogP contribution in [0.15, 0.2) is 24.3 Å². The zero-order valence-corrected chi connectivity index (χ0v) is 18.4. The highest BCUT2D eigenvalue weighted by molar-refractivity contribution is 7.90. The highest BCUT2D eigenvalue weighted by atomic mass is 32.2. The van der Waals surface area contributed by atoms with Crippen molar-refractivity contribution in [1.29, 1.82) is 0 Å². The van der Waals surface area contributed by atoms with E-state index in [0.29, 0.717) is 17.9 Å². The molecule has 3 aromatic rings. The van der Waals surface area contributed by atoms with Crippen molar-refractivity contribution >= 4 is 37.6 Å². The van der Waals surface area contributed by atoms with Crippen LogP contribution in [0.4, 0.5) is 5.82 Å². The molecule has 0 unspecified atom stereocenters. The number of hydrogen-bond donors (Lipinski definition) is 1. The number of pyridine rings is 1. The molecule has 0 saturated heterocycles. The zero-order chi connectivity index (χ0) is 21.2. The Labute approximate surface area is 172 Å². The fourth-order valence-corrected chi connectivity index (χ4v) is 3.88. The first-order valence-electron chi connectivity index (χ1n) is 9.96. The topological polar surface area (TPSA) is 100 Å². The fraction of sp³-hybridized carbons (Fsp3) is 0.524. The number of anilines is 1. The van der Waals surface area contributed by atoms with Gasteiger partial charge in [-0.1, -0.05) is 31.5 Å². The van der Waals surface area contributed by atoms with Crippen molar-refractivity contribution in [1.82, 2.24) is 14.5 Å². The number of hydrogen-bond acceptors (Lipinski definition) is 6. The van der Waals surface area contributed by atoms with Crippen LogP contribution in [0.2, 0.25) is 0 Å². The van der Waals surface area contributed by atoms with Crippen LogP contribution in [0.1, 0.15) is 39.4 Å². The van der Waals surface area contributed by atoms with Crippen LogP contribution >= 0.6 is 0 Å². The second kappa shape index (κ2) is 8.28. The summed E-state index contributed by atoms with van der Waals surface area (Å²) in [5.74, 6) is 1.38. The van der Waals surface area contributed by atoms with Gasteiger partial charge in [-0.15, -0.1) is 0 Å². The van der Waals surface area contributed by atoms with Gasteiger partial charge in [-0.2, -0.15) is 0 Å². The Balaban J connectivity index is 2.06. The third kappa shape index (κ3) is 5.05. The van der Waals surface area contributed by atoms with E-state index in [9.17, 15) is 8.42 Å². The van der Waals surface area contributed by atoms with Crippen molar-refractivity contribution in [3.05, 3.63) is 30.1 Å². The van der Waals surface area contributed by atoms with Gasteiger partial charge in [0, 0.05) is 18.1 Å². The van der Waals surface area contributed by atoms with E-state index < -0.39 is 15.4 Å². The number of unbranched alkanes of at least 4 members (excludes halogenated alkanes) is 1. The molecule has 0 saturated carbocycles. The molecule has 0 aliphatic rings. The molecular formula is C21H30N4O3S. The number of sulfone groups is 1. The normalized spacial score (nSPS) is 12.8. The molecule has 0 fully saturated rings. The van der Waals surface area contributed by atoms with Gasteiger partial charge >= 0.3 is 0 Å². The summed E-state index contributed by atoms with van der Waals surface area (Å²) in [6.45, 7) is 6.79. The van der Waals surface area contributed by atoms with E-state index in [4.69, 9.17) is 15.5 Å². The Morgan fingerprint density at radius 3 is 2.62 bits per heavy atom. The number of aryl methyl sites for hydroxylation is 1. The molecule has 0 bridgehead atoms. The minimum absolute atomic E-state index is 0.00357. The Kier molecular flexibility index (Phi) is 6.14. The number of aromatic nitrogens is 3. The first-order valence-corrected chi connectivity index (χ1v) is 12.0. The molecule has 29 heavy (non-hydrogen) atoms. The smallest absolute Gasteiger partial charge is 0.152 e. The van der Waals surface area contributed by atoms with Crippen molar-refractivity contribution < 1.29 is 13.2 Å². The molecule has 2 N–H and O–H groups in total. The SMILES string of the molecule is CCCCc1nc2c(N)nc3ccccc3c2n1CC(C)(C)OCCS(C)(=O)=O. The van der Waals surface area contributed by atoms with E-state index in [2.05, 4.69) is 16.5 Å². The van der Waals surface area contributed by atoms with E-state index in [1.165, 1.54) is 6.26 Å². The lowest BCUT2D eigenvalue weighted by atomic mass is 10.1. The van der Waals surface area contributed by atoms with Gasteiger partial charge in [0.05, 0.1) is 35.5 Å². The first kappa shape index (κ1) is 21.5. The molecule has 158 valence electrons. The van der Waals surface area contributed by atoms with Crippen LogP contribution in [-0.4, -0.2) is 47.2 Å². The van der Waals surface area contributed by atoms with Crippen LogP contribution < -0.4 is 5.73 Å².